The van der Waals surface area contributed by atoms with Gasteiger partial charge < -0.3 is 21.7 Å². The van der Waals surface area contributed by atoms with Crippen LogP contribution < -0.4 is 11.5 Å². The summed E-state index contributed by atoms with van der Waals surface area (Å²) in [4.78, 5) is 20.8. The fraction of sp³-hybridized carbons (Fsp3) is 0.714. The molecule has 0 saturated heterocycles. The van der Waals surface area contributed by atoms with Gasteiger partial charge in [0.25, 0.3) is 0 Å². The Labute approximate surface area is 85.6 Å². The van der Waals surface area contributed by atoms with Gasteiger partial charge in [0.15, 0.2) is 0 Å². The van der Waals surface area contributed by atoms with Crippen molar-refractivity contribution in [3.05, 3.63) is 0 Å². The standard InChI is InChI=1S/C7H14N2O4S/c1-3(5(9)7(12)13)14-2-4(8)6(10)11/h3-5H,2,8-9H2,1H3,(H,10,11)(H,12,13)/t3?,4?,5-/m0/s1. The molecule has 14 heavy (non-hydrogen) atoms. The summed E-state index contributed by atoms with van der Waals surface area (Å²) < 4.78 is 0. The zero-order valence-electron chi connectivity index (χ0n) is 7.71. The topological polar surface area (TPSA) is 127 Å². The van der Waals surface area contributed by atoms with Gasteiger partial charge in [-0.15, -0.1) is 0 Å². The molecule has 0 saturated carbocycles. The molecule has 82 valence electrons. The Balaban J connectivity index is 3.90. The number of hydrogen-bond donors (Lipinski definition) is 4. The molecule has 0 radical (unpaired) electrons. The first-order chi connectivity index (χ1) is 6.36. The molecule has 0 aliphatic rings. The lowest BCUT2D eigenvalue weighted by molar-refractivity contribution is -0.139. The van der Waals surface area contributed by atoms with E-state index in [0.717, 1.165) is 11.8 Å². The van der Waals surface area contributed by atoms with E-state index in [0.29, 0.717) is 0 Å². The summed E-state index contributed by atoms with van der Waals surface area (Å²) >= 11 is 1.14. The first-order valence-corrected chi connectivity index (χ1v) is 4.99. The molecule has 0 aromatic carbocycles. The molecule has 6 N–H and O–H groups in total. The van der Waals surface area contributed by atoms with Gasteiger partial charge in [0, 0.05) is 11.0 Å². The van der Waals surface area contributed by atoms with E-state index in [2.05, 4.69) is 0 Å². The Morgan fingerprint density at radius 1 is 1.29 bits per heavy atom. The molecule has 0 aliphatic heterocycles. The van der Waals surface area contributed by atoms with Crippen molar-refractivity contribution in [2.45, 2.75) is 24.3 Å². The van der Waals surface area contributed by atoms with E-state index in [1.54, 1.807) is 6.92 Å². The lowest BCUT2D eigenvalue weighted by Gasteiger charge is -2.16. The molecule has 0 aromatic rings. The van der Waals surface area contributed by atoms with E-state index in [4.69, 9.17) is 21.7 Å². The number of aliphatic carboxylic acids is 2. The number of nitrogens with two attached hydrogens (primary N) is 2. The van der Waals surface area contributed by atoms with Gasteiger partial charge in [0.05, 0.1) is 0 Å². The van der Waals surface area contributed by atoms with Crippen LogP contribution in [0.4, 0.5) is 0 Å². The average molecular weight is 222 g/mol. The van der Waals surface area contributed by atoms with Crippen molar-refractivity contribution in [1.82, 2.24) is 0 Å². The molecule has 0 fully saturated rings. The van der Waals surface area contributed by atoms with E-state index < -0.39 is 24.0 Å². The molecule has 3 atom stereocenters. The maximum absolute atomic E-state index is 10.4. The summed E-state index contributed by atoms with van der Waals surface area (Å²) in [5, 5.41) is 16.6. The van der Waals surface area contributed by atoms with E-state index in [9.17, 15) is 9.59 Å². The summed E-state index contributed by atoms with van der Waals surface area (Å²) in [5.74, 6) is -2.06. The third-order valence-corrected chi connectivity index (χ3v) is 3.02. The highest BCUT2D eigenvalue weighted by molar-refractivity contribution is 8.00. The quantitative estimate of drug-likeness (QED) is 0.450. The van der Waals surface area contributed by atoms with Crippen LogP contribution in [0.2, 0.25) is 0 Å². The van der Waals surface area contributed by atoms with Crippen LogP contribution in [0, 0.1) is 0 Å². The van der Waals surface area contributed by atoms with E-state index in [1.165, 1.54) is 0 Å². The number of rotatable bonds is 6. The molecule has 0 aromatic heterocycles. The minimum atomic E-state index is -1.10. The highest BCUT2D eigenvalue weighted by atomic mass is 32.2. The van der Waals surface area contributed by atoms with Gasteiger partial charge >= 0.3 is 11.9 Å². The molecule has 0 aliphatic carbocycles. The first-order valence-electron chi connectivity index (χ1n) is 3.94. The van der Waals surface area contributed by atoms with Crippen molar-refractivity contribution in [3.63, 3.8) is 0 Å². The van der Waals surface area contributed by atoms with Crippen molar-refractivity contribution in [3.8, 4) is 0 Å². The number of thioether (sulfide) groups is 1. The van der Waals surface area contributed by atoms with Crippen LogP contribution >= 0.6 is 11.8 Å². The largest absolute Gasteiger partial charge is 0.480 e. The SMILES string of the molecule is CC(SCC(N)C(=O)O)[C@H](N)C(=O)O. The fourth-order valence-electron chi connectivity index (χ4n) is 0.631. The number of carboxylic acids is 2. The Bertz CT molecular complexity index is 224. The molecule has 2 unspecified atom stereocenters. The number of carboxylic acid groups (broad SMARTS) is 2. The predicted molar refractivity (Wildman–Crippen MR) is 53.1 cm³/mol. The third kappa shape index (κ3) is 4.45. The Morgan fingerprint density at radius 3 is 2.14 bits per heavy atom. The van der Waals surface area contributed by atoms with Gasteiger partial charge in [-0.2, -0.15) is 11.8 Å². The van der Waals surface area contributed by atoms with Crippen molar-refractivity contribution in [1.29, 1.82) is 0 Å². The number of hydrogen-bond acceptors (Lipinski definition) is 5. The Hall–Kier alpha value is -0.790. The first kappa shape index (κ1) is 13.2. The van der Waals surface area contributed by atoms with Gasteiger partial charge in [-0.3, -0.25) is 9.59 Å². The van der Waals surface area contributed by atoms with Gasteiger partial charge in [0.2, 0.25) is 0 Å². The van der Waals surface area contributed by atoms with Crippen LogP contribution in [0.5, 0.6) is 0 Å². The monoisotopic (exact) mass is 222 g/mol. The molecule has 6 nitrogen and oxygen atoms in total. The second kappa shape index (κ2) is 5.84. The van der Waals surface area contributed by atoms with Crippen LogP contribution in [-0.2, 0) is 9.59 Å². The summed E-state index contributed by atoms with van der Waals surface area (Å²) in [6, 6.07) is -1.98. The smallest absolute Gasteiger partial charge is 0.321 e. The predicted octanol–water partition coefficient (Wildman–Crippen LogP) is -1.07. The highest BCUT2D eigenvalue weighted by Gasteiger charge is 2.22. The molecule has 0 amide bonds. The van der Waals surface area contributed by atoms with Crippen LogP contribution in [0.1, 0.15) is 6.92 Å². The van der Waals surface area contributed by atoms with Gasteiger partial charge in [0.1, 0.15) is 12.1 Å². The maximum atomic E-state index is 10.4. The summed E-state index contributed by atoms with van der Waals surface area (Å²) in [6.07, 6.45) is 0. The summed E-state index contributed by atoms with van der Waals surface area (Å²) in [7, 11) is 0. The lowest BCUT2D eigenvalue weighted by atomic mass is 10.2. The van der Waals surface area contributed by atoms with E-state index >= 15 is 0 Å². The van der Waals surface area contributed by atoms with Crippen LogP contribution in [0.15, 0.2) is 0 Å². The molecule has 7 heteroatoms. The summed E-state index contributed by atoms with van der Waals surface area (Å²) in [6.45, 7) is 1.62. The Morgan fingerprint density at radius 2 is 1.79 bits per heavy atom. The van der Waals surface area contributed by atoms with Gasteiger partial charge in [-0.1, -0.05) is 6.92 Å². The van der Waals surface area contributed by atoms with Crippen molar-refractivity contribution in [2.75, 3.05) is 5.75 Å². The molecular formula is C7H14N2O4S. The second-order valence-electron chi connectivity index (χ2n) is 2.85. The fourth-order valence-corrected chi connectivity index (χ4v) is 1.61. The van der Waals surface area contributed by atoms with Crippen molar-refractivity contribution in [2.24, 2.45) is 11.5 Å². The lowest BCUT2D eigenvalue weighted by Crippen LogP contribution is -2.40. The van der Waals surface area contributed by atoms with Crippen molar-refractivity contribution < 1.29 is 19.8 Å². The highest BCUT2D eigenvalue weighted by Crippen LogP contribution is 2.14. The zero-order valence-corrected chi connectivity index (χ0v) is 8.53. The third-order valence-electron chi connectivity index (χ3n) is 1.65. The summed E-state index contributed by atoms with van der Waals surface area (Å²) in [5.41, 5.74) is 10.5. The molecule has 0 rings (SSSR count). The molecule has 0 bridgehead atoms. The normalized spacial score (nSPS) is 17.1. The number of carbonyl (C=O) groups is 2. The van der Waals surface area contributed by atoms with Crippen LogP contribution in [0.25, 0.3) is 0 Å². The minimum Gasteiger partial charge on any atom is -0.480 e. The minimum absolute atomic E-state index is 0.150. The molecular weight excluding hydrogens is 208 g/mol. The second-order valence-corrected chi connectivity index (χ2v) is 4.26. The molecule has 0 heterocycles. The van der Waals surface area contributed by atoms with E-state index in [-0.39, 0.29) is 11.0 Å². The van der Waals surface area contributed by atoms with Crippen molar-refractivity contribution >= 4 is 23.7 Å². The van der Waals surface area contributed by atoms with Crippen LogP contribution in [-0.4, -0.2) is 45.2 Å². The van der Waals surface area contributed by atoms with Gasteiger partial charge in [-0.25, -0.2) is 0 Å². The molecule has 0 spiro atoms. The maximum Gasteiger partial charge on any atom is 0.321 e. The van der Waals surface area contributed by atoms with Crippen LogP contribution in [0.3, 0.4) is 0 Å². The zero-order chi connectivity index (χ0) is 11.3. The van der Waals surface area contributed by atoms with E-state index in [1.807, 2.05) is 0 Å². The van der Waals surface area contributed by atoms with Gasteiger partial charge in [-0.05, 0) is 0 Å². The Kier molecular flexibility index (Phi) is 5.51. The average Bonchev–Trinajstić information content (AvgIpc) is 2.11.